The molecular weight excluding hydrogens is 376 g/mol. The third-order valence-electron chi connectivity index (χ3n) is 3.82. The Labute approximate surface area is 168 Å². The van der Waals surface area contributed by atoms with Crippen molar-refractivity contribution in [2.24, 2.45) is 0 Å². The Bertz CT molecular complexity index is 974. The zero-order chi connectivity index (χ0) is 20.1. The van der Waals surface area contributed by atoms with Crippen LogP contribution in [0.15, 0.2) is 54.7 Å². The number of amides is 1. The van der Waals surface area contributed by atoms with Crippen molar-refractivity contribution in [1.29, 1.82) is 0 Å². The van der Waals surface area contributed by atoms with Crippen molar-refractivity contribution >= 4 is 34.8 Å². The smallest absolute Gasteiger partial charge is 0.274 e. The summed E-state index contributed by atoms with van der Waals surface area (Å²) in [6, 6.07) is 14.3. The van der Waals surface area contributed by atoms with E-state index in [0.29, 0.717) is 16.7 Å². The van der Waals surface area contributed by atoms with Crippen molar-refractivity contribution in [3.8, 4) is 5.75 Å². The molecule has 0 radical (unpaired) electrons. The van der Waals surface area contributed by atoms with Crippen LogP contribution in [0.5, 0.6) is 5.75 Å². The van der Waals surface area contributed by atoms with E-state index in [0.717, 1.165) is 17.0 Å². The van der Waals surface area contributed by atoms with Crippen molar-refractivity contribution in [2.45, 2.75) is 26.9 Å². The van der Waals surface area contributed by atoms with Crippen molar-refractivity contribution in [3.05, 3.63) is 71.0 Å². The second kappa shape index (κ2) is 8.71. The molecule has 0 aliphatic heterocycles. The number of aromatic nitrogens is 2. The Hall–Kier alpha value is -3.12. The van der Waals surface area contributed by atoms with Crippen molar-refractivity contribution in [1.82, 2.24) is 9.97 Å². The van der Waals surface area contributed by atoms with E-state index in [9.17, 15) is 4.79 Å². The standard InChI is InChI=1S/C21H21ClN4O2/c1-13(2)28-17-8-6-16(7-9-17)24-21-23-11-10-18(26-21)20(27)25-19-12-15(22)5-4-14(19)3/h4-13H,1-3H3,(H,25,27)(H,23,24,26). The average Bonchev–Trinajstić information content (AvgIpc) is 2.66. The molecular formula is C21H21ClN4O2. The number of nitrogens with one attached hydrogen (secondary N) is 2. The Morgan fingerprint density at radius 2 is 1.86 bits per heavy atom. The minimum atomic E-state index is -0.337. The normalized spacial score (nSPS) is 10.6. The van der Waals surface area contributed by atoms with Gasteiger partial charge in [-0.3, -0.25) is 4.79 Å². The van der Waals surface area contributed by atoms with Crippen LogP contribution in [0, 0.1) is 6.92 Å². The first kappa shape index (κ1) is 19.6. The average molecular weight is 397 g/mol. The fourth-order valence-corrected chi connectivity index (χ4v) is 2.65. The molecule has 3 aromatic rings. The van der Waals surface area contributed by atoms with E-state index in [1.54, 1.807) is 18.2 Å². The molecule has 0 saturated carbocycles. The van der Waals surface area contributed by atoms with Gasteiger partial charge in [0.1, 0.15) is 11.4 Å². The summed E-state index contributed by atoms with van der Waals surface area (Å²) in [5, 5.41) is 6.46. The summed E-state index contributed by atoms with van der Waals surface area (Å²) >= 11 is 6.00. The van der Waals surface area contributed by atoms with Crippen LogP contribution >= 0.6 is 11.6 Å². The second-order valence-corrected chi connectivity index (χ2v) is 6.93. The van der Waals surface area contributed by atoms with Crippen LogP contribution in [0.2, 0.25) is 5.02 Å². The van der Waals surface area contributed by atoms with Gasteiger partial charge in [0.15, 0.2) is 0 Å². The van der Waals surface area contributed by atoms with E-state index < -0.39 is 0 Å². The molecule has 144 valence electrons. The monoisotopic (exact) mass is 396 g/mol. The number of hydrogen-bond acceptors (Lipinski definition) is 5. The van der Waals surface area contributed by atoms with Gasteiger partial charge >= 0.3 is 0 Å². The van der Waals surface area contributed by atoms with Gasteiger partial charge in [0.2, 0.25) is 5.95 Å². The number of halogens is 1. The SMILES string of the molecule is Cc1ccc(Cl)cc1NC(=O)c1ccnc(Nc2ccc(OC(C)C)cc2)n1. The Morgan fingerprint density at radius 1 is 1.11 bits per heavy atom. The van der Waals surface area contributed by atoms with Gasteiger partial charge in [0.05, 0.1) is 6.10 Å². The van der Waals surface area contributed by atoms with Gasteiger partial charge in [0.25, 0.3) is 5.91 Å². The second-order valence-electron chi connectivity index (χ2n) is 6.49. The molecule has 0 spiro atoms. The van der Waals surface area contributed by atoms with Crippen LogP contribution in [0.1, 0.15) is 29.9 Å². The highest BCUT2D eigenvalue weighted by atomic mass is 35.5. The Kier molecular flexibility index (Phi) is 6.11. The van der Waals surface area contributed by atoms with E-state index in [4.69, 9.17) is 16.3 Å². The zero-order valence-corrected chi connectivity index (χ0v) is 16.6. The summed E-state index contributed by atoms with van der Waals surface area (Å²) < 4.78 is 5.62. The molecule has 28 heavy (non-hydrogen) atoms. The molecule has 0 aliphatic rings. The molecule has 0 fully saturated rings. The fraction of sp³-hybridized carbons (Fsp3) is 0.190. The summed E-state index contributed by atoms with van der Waals surface area (Å²) in [5.41, 5.74) is 2.59. The third kappa shape index (κ3) is 5.20. The lowest BCUT2D eigenvalue weighted by Gasteiger charge is -2.11. The number of carbonyl (C=O) groups excluding carboxylic acids is 1. The minimum absolute atomic E-state index is 0.112. The van der Waals surface area contributed by atoms with Gasteiger partial charge in [-0.2, -0.15) is 0 Å². The summed E-state index contributed by atoms with van der Waals surface area (Å²) in [7, 11) is 0. The molecule has 0 bridgehead atoms. The molecule has 1 heterocycles. The highest BCUT2D eigenvalue weighted by molar-refractivity contribution is 6.31. The summed E-state index contributed by atoms with van der Waals surface area (Å²) in [6.45, 7) is 5.84. The summed E-state index contributed by atoms with van der Waals surface area (Å²) in [5.74, 6) is 0.774. The first-order valence-electron chi connectivity index (χ1n) is 8.85. The van der Waals surface area contributed by atoms with E-state index in [1.807, 2.05) is 51.1 Å². The molecule has 3 rings (SSSR count). The van der Waals surface area contributed by atoms with Crippen LogP contribution in [0.25, 0.3) is 0 Å². The maximum atomic E-state index is 12.5. The predicted molar refractivity (Wildman–Crippen MR) is 112 cm³/mol. The number of aryl methyl sites for hydroxylation is 1. The van der Waals surface area contributed by atoms with Crippen LogP contribution in [0.3, 0.4) is 0 Å². The van der Waals surface area contributed by atoms with E-state index in [1.165, 1.54) is 6.20 Å². The molecule has 1 aromatic heterocycles. The number of ether oxygens (including phenoxy) is 1. The van der Waals surface area contributed by atoms with Gasteiger partial charge in [-0.05, 0) is 68.8 Å². The highest BCUT2D eigenvalue weighted by Gasteiger charge is 2.11. The quantitative estimate of drug-likeness (QED) is 0.597. The number of carbonyl (C=O) groups is 1. The number of rotatable bonds is 6. The molecule has 2 N–H and O–H groups in total. The van der Waals surface area contributed by atoms with Gasteiger partial charge < -0.3 is 15.4 Å². The lowest BCUT2D eigenvalue weighted by Crippen LogP contribution is -2.15. The van der Waals surface area contributed by atoms with Gasteiger partial charge in [0, 0.05) is 22.6 Å². The molecule has 7 heteroatoms. The van der Waals surface area contributed by atoms with E-state index in [-0.39, 0.29) is 17.7 Å². The number of benzene rings is 2. The van der Waals surface area contributed by atoms with Gasteiger partial charge in [-0.25, -0.2) is 9.97 Å². The molecule has 0 saturated heterocycles. The van der Waals surface area contributed by atoms with Crippen molar-refractivity contribution in [3.63, 3.8) is 0 Å². The Morgan fingerprint density at radius 3 is 2.57 bits per heavy atom. The number of anilines is 3. The maximum absolute atomic E-state index is 12.5. The summed E-state index contributed by atoms with van der Waals surface area (Å²) in [4.78, 5) is 21.0. The summed E-state index contributed by atoms with van der Waals surface area (Å²) in [6.07, 6.45) is 1.64. The molecule has 1 amide bonds. The predicted octanol–water partition coefficient (Wildman–Crippen LogP) is 5.22. The van der Waals surface area contributed by atoms with E-state index in [2.05, 4.69) is 20.6 Å². The largest absolute Gasteiger partial charge is 0.491 e. The lowest BCUT2D eigenvalue weighted by molar-refractivity contribution is 0.102. The minimum Gasteiger partial charge on any atom is -0.491 e. The van der Waals surface area contributed by atoms with E-state index >= 15 is 0 Å². The van der Waals surface area contributed by atoms with Crippen LogP contribution in [-0.2, 0) is 0 Å². The van der Waals surface area contributed by atoms with Crippen molar-refractivity contribution < 1.29 is 9.53 Å². The molecule has 0 unspecified atom stereocenters. The number of nitrogens with zero attached hydrogens (tertiary/aromatic N) is 2. The van der Waals surface area contributed by atoms with Gasteiger partial charge in [-0.1, -0.05) is 17.7 Å². The first-order chi connectivity index (χ1) is 13.4. The lowest BCUT2D eigenvalue weighted by atomic mass is 10.2. The molecule has 0 aliphatic carbocycles. The third-order valence-corrected chi connectivity index (χ3v) is 4.05. The van der Waals surface area contributed by atoms with Crippen molar-refractivity contribution in [2.75, 3.05) is 10.6 Å². The van der Waals surface area contributed by atoms with Crippen LogP contribution in [0.4, 0.5) is 17.3 Å². The topological polar surface area (TPSA) is 76.1 Å². The van der Waals surface area contributed by atoms with Crippen LogP contribution in [-0.4, -0.2) is 22.0 Å². The molecule has 6 nitrogen and oxygen atoms in total. The maximum Gasteiger partial charge on any atom is 0.274 e. The first-order valence-corrected chi connectivity index (χ1v) is 9.23. The zero-order valence-electron chi connectivity index (χ0n) is 15.9. The molecule has 2 aromatic carbocycles. The number of hydrogen-bond donors (Lipinski definition) is 2. The fourth-order valence-electron chi connectivity index (χ4n) is 2.48. The van der Waals surface area contributed by atoms with Gasteiger partial charge in [-0.15, -0.1) is 0 Å². The highest BCUT2D eigenvalue weighted by Crippen LogP contribution is 2.21. The molecule has 0 atom stereocenters. The Balaban J connectivity index is 1.71. The van der Waals surface area contributed by atoms with Crippen LogP contribution < -0.4 is 15.4 Å².